The molecule has 128 valence electrons. The number of aryl methyl sites for hydroxylation is 1. The SMILES string of the molecule is CC(CCc1ccc(OC2CCCC2)cc1)(C(=O)O)S(C)(=O)=O. The first-order valence-electron chi connectivity index (χ1n) is 7.91. The van der Waals surface area contributed by atoms with Gasteiger partial charge in [0, 0.05) is 6.26 Å². The maximum absolute atomic E-state index is 11.8. The standard InChI is InChI=1S/C17H24O5S/c1-17(16(18)19,23(2,20)21)12-11-13-7-9-15(10-8-13)22-14-5-3-4-6-14/h7-10,14H,3-6,11-12H2,1-2H3,(H,18,19). The van der Waals surface area contributed by atoms with E-state index in [4.69, 9.17) is 4.74 Å². The normalized spacial score (nSPS) is 18.5. The van der Waals surface area contributed by atoms with Crippen LogP contribution in [0.1, 0.15) is 44.6 Å². The maximum Gasteiger partial charge on any atom is 0.324 e. The van der Waals surface area contributed by atoms with E-state index in [2.05, 4.69) is 0 Å². The fourth-order valence-corrected chi connectivity index (χ4v) is 3.56. The van der Waals surface area contributed by atoms with E-state index in [1.54, 1.807) is 0 Å². The molecular formula is C17H24O5S. The van der Waals surface area contributed by atoms with Gasteiger partial charge in [0.25, 0.3) is 0 Å². The second-order valence-corrected chi connectivity index (χ2v) is 8.92. The second-order valence-electron chi connectivity index (χ2n) is 6.48. The lowest BCUT2D eigenvalue weighted by Crippen LogP contribution is -2.43. The molecule has 23 heavy (non-hydrogen) atoms. The second kappa shape index (κ2) is 6.91. The van der Waals surface area contributed by atoms with Crippen LogP contribution in [-0.4, -0.2) is 36.6 Å². The summed E-state index contributed by atoms with van der Waals surface area (Å²) >= 11 is 0. The molecule has 0 bridgehead atoms. The third-order valence-corrected chi connectivity index (χ3v) is 6.71. The predicted molar refractivity (Wildman–Crippen MR) is 88.5 cm³/mol. The maximum atomic E-state index is 11.8. The summed E-state index contributed by atoms with van der Waals surface area (Å²) in [6, 6.07) is 7.47. The number of hydrogen-bond donors (Lipinski definition) is 1. The quantitative estimate of drug-likeness (QED) is 0.825. The van der Waals surface area contributed by atoms with Gasteiger partial charge in [-0.25, -0.2) is 8.42 Å². The van der Waals surface area contributed by atoms with E-state index in [0.717, 1.165) is 30.4 Å². The van der Waals surface area contributed by atoms with Crippen LogP contribution in [-0.2, 0) is 21.1 Å². The molecule has 1 fully saturated rings. The molecule has 0 amide bonds. The molecule has 0 radical (unpaired) electrons. The Kier molecular flexibility index (Phi) is 5.34. The molecule has 0 heterocycles. The van der Waals surface area contributed by atoms with E-state index in [9.17, 15) is 18.3 Å². The highest BCUT2D eigenvalue weighted by molar-refractivity contribution is 7.92. The Morgan fingerprint density at radius 2 is 1.83 bits per heavy atom. The van der Waals surface area contributed by atoms with Crippen LogP contribution in [0.25, 0.3) is 0 Å². The zero-order chi connectivity index (χ0) is 17.1. The van der Waals surface area contributed by atoms with E-state index in [1.807, 2.05) is 24.3 Å². The molecule has 1 aromatic carbocycles. The first-order valence-corrected chi connectivity index (χ1v) is 9.80. The number of ether oxygens (including phenoxy) is 1. The lowest BCUT2D eigenvalue weighted by atomic mass is 10.0. The van der Waals surface area contributed by atoms with Crippen LogP contribution < -0.4 is 4.74 Å². The molecule has 2 rings (SSSR count). The molecule has 1 aliphatic carbocycles. The summed E-state index contributed by atoms with van der Waals surface area (Å²) in [6.45, 7) is 1.27. The zero-order valence-electron chi connectivity index (χ0n) is 13.6. The number of carbonyl (C=O) groups is 1. The van der Waals surface area contributed by atoms with Crippen molar-refractivity contribution >= 4 is 15.8 Å². The minimum absolute atomic E-state index is 0.0456. The van der Waals surface area contributed by atoms with Crippen LogP contribution in [0.5, 0.6) is 5.75 Å². The van der Waals surface area contributed by atoms with Gasteiger partial charge in [0.05, 0.1) is 6.10 Å². The van der Waals surface area contributed by atoms with Crippen molar-refractivity contribution in [2.45, 2.75) is 56.3 Å². The average Bonchev–Trinajstić information content (AvgIpc) is 2.97. The fourth-order valence-electron chi connectivity index (χ4n) is 2.77. The van der Waals surface area contributed by atoms with Crippen molar-refractivity contribution in [2.75, 3.05) is 6.26 Å². The van der Waals surface area contributed by atoms with Crippen LogP contribution in [0.4, 0.5) is 0 Å². The van der Waals surface area contributed by atoms with E-state index >= 15 is 0 Å². The van der Waals surface area contributed by atoms with Gasteiger partial charge in [0.15, 0.2) is 14.6 Å². The lowest BCUT2D eigenvalue weighted by Gasteiger charge is -2.22. The topological polar surface area (TPSA) is 80.7 Å². The van der Waals surface area contributed by atoms with Crippen LogP contribution in [0.3, 0.4) is 0 Å². The van der Waals surface area contributed by atoms with Gasteiger partial charge < -0.3 is 9.84 Å². The van der Waals surface area contributed by atoms with Crippen LogP contribution in [0, 0.1) is 0 Å². The fraction of sp³-hybridized carbons (Fsp3) is 0.588. The number of hydrogen-bond acceptors (Lipinski definition) is 4. The predicted octanol–water partition coefficient (Wildman–Crippen LogP) is 2.83. The number of sulfone groups is 1. The first kappa shape index (κ1) is 17.8. The number of carboxylic acid groups (broad SMARTS) is 1. The van der Waals surface area contributed by atoms with Crippen molar-refractivity contribution in [1.29, 1.82) is 0 Å². The van der Waals surface area contributed by atoms with Crippen LogP contribution in [0.2, 0.25) is 0 Å². The summed E-state index contributed by atoms with van der Waals surface area (Å²) < 4.78 is 27.6. The van der Waals surface area contributed by atoms with E-state index in [1.165, 1.54) is 19.8 Å². The molecule has 0 saturated heterocycles. The van der Waals surface area contributed by atoms with Crippen molar-refractivity contribution in [2.24, 2.45) is 0 Å². The van der Waals surface area contributed by atoms with Crippen molar-refractivity contribution in [3.05, 3.63) is 29.8 Å². The minimum Gasteiger partial charge on any atom is -0.490 e. The van der Waals surface area contributed by atoms with Crippen molar-refractivity contribution in [1.82, 2.24) is 0 Å². The number of carboxylic acids is 1. The Bertz CT molecular complexity index is 644. The van der Waals surface area contributed by atoms with Crippen molar-refractivity contribution in [3.8, 4) is 5.75 Å². The van der Waals surface area contributed by atoms with Crippen molar-refractivity contribution in [3.63, 3.8) is 0 Å². The summed E-state index contributed by atoms with van der Waals surface area (Å²) in [5, 5.41) is 9.25. The molecule has 6 heteroatoms. The van der Waals surface area contributed by atoms with Gasteiger partial charge in [-0.3, -0.25) is 4.79 Å². The highest BCUT2D eigenvalue weighted by Crippen LogP contribution is 2.26. The summed E-state index contributed by atoms with van der Waals surface area (Å²) in [5.74, 6) is -0.494. The molecule has 0 aliphatic heterocycles. The molecule has 1 atom stereocenters. The highest BCUT2D eigenvalue weighted by atomic mass is 32.2. The Morgan fingerprint density at radius 3 is 2.30 bits per heavy atom. The van der Waals surface area contributed by atoms with Gasteiger partial charge in [0.1, 0.15) is 5.75 Å². The van der Waals surface area contributed by atoms with E-state index in [-0.39, 0.29) is 6.42 Å². The summed E-state index contributed by atoms with van der Waals surface area (Å²) in [6.07, 6.45) is 6.30. The molecule has 1 aliphatic rings. The molecule has 5 nitrogen and oxygen atoms in total. The van der Waals surface area contributed by atoms with E-state index in [0.29, 0.717) is 12.5 Å². The Morgan fingerprint density at radius 1 is 1.26 bits per heavy atom. The van der Waals surface area contributed by atoms with Gasteiger partial charge in [-0.15, -0.1) is 0 Å². The zero-order valence-corrected chi connectivity index (χ0v) is 14.4. The molecular weight excluding hydrogens is 316 g/mol. The number of aliphatic carboxylic acids is 1. The number of rotatable bonds is 7. The Balaban J connectivity index is 1.99. The van der Waals surface area contributed by atoms with Gasteiger partial charge in [-0.2, -0.15) is 0 Å². The Hall–Kier alpha value is -1.56. The van der Waals surface area contributed by atoms with Gasteiger partial charge >= 0.3 is 5.97 Å². The molecule has 1 unspecified atom stereocenters. The molecule has 1 N–H and O–H groups in total. The third kappa shape index (κ3) is 4.25. The van der Waals surface area contributed by atoms with Crippen molar-refractivity contribution < 1.29 is 23.1 Å². The molecule has 1 aromatic rings. The smallest absolute Gasteiger partial charge is 0.324 e. The minimum atomic E-state index is -3.68. The lowest BCUT2D eigenvalue weighted by molar-refractivity contribution is -0.139. The number of benzene rings is 1. The summed E-state index contributed by atoms with van der Waals surface area (Å²) in [7, 11) is -3.68. The van der Waals surface area contributed by atoms with Gasteiger partial charge in [0.2, 0.25) is 0 Å². The first-order chi connectivity index (χ1) is 10.7. The van der Waals surface area contributed by atoms with Crippen LogP contribution in [0.15, 0.2) is 24.3 Å². The summed E-state index contributed by atoms with van der Waals surface area (Å²) in [4.78, 5) is 11.3. The third-order valence-electron chi connectivity index (χ3n) is 4.69. The van der Waals surface area contributed by atoms with Crippen LogP contribution >= 0.6 is 0 Å². The van der Waals surface area contributed by atoms with E-state index < -0.39 is 20.6 Å². The van der Waals surface area contributed by atoms with Gasteiger partial charge in [-0.05, 0) is 63.1 Å². The largest absolute Gasteiger partial charge is 0.490 e. The summed E-state index contributed by atoms with van der Waals surface area (Å²) in [5.41, 5.74) is 0.903. The monoisotopic (exact) mass is 340 g/mol. The average molecular weight is 340 g/mol. The molecule has 0 aromatic heterocycles. The van der Waals surface area contributed by atoms with Gasteiger partial charge in [-0.1, -0.05) is 12.1 Å². The Labute approximate surface area is 137 Å². The highest BCUT2D eigenvalue weighted by Gasteiger charge is 2.43. The molecule has 0 spiro atoms. The molecule has 1 saturated carbocycles.